The molecule has 0 unspecified atom stereocenters. The first-order valence-corrected chi connectivity index (χ1v) is 6.82. The summed E-state index contributed by atoms with van der Waals surface area (Å²) in [5.41, 5.74) is 1.74. The van der Waals surface area contributed by atoms with E-state index < -0.39 is 12.5 Å². The minimum Gasteiger partial charge on any atom is -0.480 e. The molecule has 0 spiro atoms. The molecule has 2 aromatic rings. The number of nitrogens with zero attached hydrogens (tertiary/aromatic N) is 2. The van der Waals surface area contributed by atoms with Gasteiger partial charge in [-0.1, -0.05) is 12.1 Å². The van der Waals surface area contributed by atoms with Gasteiger partial charge in [0.05, 0.1) is 6.42 Å². The standard InChI is InChI=1S/C15H16N4O4/c1-19-12(6-7-17-19)15(23)18-11-4-2-10(3-5-11)8-13(20)16-9-14(21)22/h2-7H,8-9H2,1H3,(H,16,20)(H,18,23)(H,21,22). The zero-order chi connectivity index (χ0) is 16.8. The predicted molar refractivity (Wildman–Crippen MR) is 82.0 cm³/mol. The Kier molecular flexibility index (Phi) is 5.08. The molecular weight excluding hydrogens is 300 g/mol. The van der Waals surface area contributed by atoms with Crippen LogP contribution in [0.25, 0.3) is 0 Å². The number of rotatable bonds is 6. The van der Waals surface area contributed by atoms with E-state index in [1.54, 1.807) is 37.4 Å². The maximum Gasteiger partial charge on any atom is 0.322 e. The zero-order valence-electron chi connectivity index (χ0n) is 12.4. The molecule has 2 rings (SSSR count). The molecule has 0 saturated heterocycles. The zero-order valence-corrected chi connectivity index (χ0v) is 12.4. The highest BCUT2D eigenvalue weighted by atomic mass is 16.4. The number of benzene rings is 1. The number of hydrogen-bond acceptors (Lipinski definition) is 4. The summed E-state index contributed by atoms with van der Waals surface area (Å²) in [5.74, 6) is -1.75. The van der Waals surface area contributed by atoms with E-state index >= 15 is 0 Å². The molecule has 0 aliphatic rings. The summed E-state index contributed by atoms with van der Waals surface area (Å²) in [4.78, 5) is 33.9. The number of carboxylic acids is 1. The largest absolute Gasteiger partial charge is 0.480 e. The number of carbonyl (C=O) groups is 3. The van der Waals surface area contributed by atoms with Gasteiger partial charge in [-0.15, -0.1) is 0 Å². The van der Waals surface area contributed by atoms with Crippen molar-refractivity contribution in [2.75, 3.05) is 11.9 Å². The number of hydrogen-bond donors (Lipinski definition) is 3. The van der Waals surface area contributed by atoms with Crippen molar-refractivity contribution in [3.8, 4) is 0 Å². The Labute approximate surface area is 132 Å². The molecule has 0 aliphatic heterocycles. The van der Waals surface area contributed by atoms with Crippen molar-refractivity contribution in [1.82, 2.24) is 15.1 Å². The second-order valence-electron chi connectivity index (χ2n) is 4.84. The van der Waals surface area contributed by atoms with Gasteiger partial charge < -0.3 is 15.7 Å². The molecule has 120 valence electrons. The quantitative estimate of drug-likeness (QED) is 0.714. The summed E-state index contributed by atoms with van der Waals surface area (Å²) in [6.45, 7) is -0.405. The summed E-state index contributed by atoms with van der Waals surface area (Å²) in [7, 11) is 1.67. The van der Waals surface area contributed by atoms with E-state index in [1.165, 1.54) is 10.9 Å². The Hall–Kier alpha value is -3.16. The highest BCUT2D eigenvalue weighted by Crippen LogP contribution is 2.11. The number of anilines is 1. The van der Waals surface area contributed by atoms with Crippen LogP contribution in [0.3, 0.4) is 0 Å². The van der Waals surface area contributed by atoms with Crippen molar-refractivity contribution < 1.29 is 19.5 Å². The molecule has 0 atom stereocenters. The molecule has 8 heteroatoms. The van der Waals surface area contributed by atoms with Crippen LogP contribution < -0.4 is 10.6 Å². The lowest BCUT2D eigenvalue weighted by atomic mass is 10.1. The van der Waals surface area contributed by atoms with E-state index in [0.717, 1.165) is 0 Å². The number of aromatic nitrogens is 2. The minimum absolute atomic E-state index is 0.0727. The third kappa shape index (κ3) is 4.67. The summed E-state index contributed by atoms with van der Waals surface area (Å²) >= 11 is 0. The van der Waals surface area contributed by atoms with Crippen molar-refractivity contribution in [3.05, 3.63) is 47.8 Å². The van der Waals surface area contributed by atoms with Gasteiger partial charge in [-0.05, 0) is 23.8 Å². The Morgan fingerprint density at radius 1 is 1.17 bits per heavy atom. The molecule has 1 aromatic heterocycles. The fraction of sp³-hybridized carbons (Fsp3) is 0.200. The van der Waals surface area contributed by atoms with Crippen molar-refractivity contribution >= 4 is 23.5 Å². The first-order chi connectivity index (χ1) is 11.0. The van der Waals surface area contributed by atoms with E-state index in [4.69, 9.17) is 5.11 Å². The van der Waals surface area contributed by atoms with Gasteiger partial charge in [0.2, 0.25) is 5.91 Å². The average Bonchev–Trinajstić information content (AvgIpc) is 2.93. The fourth-order valence-corrected chi connectivity index (χ4v) is 1.92. The van der Waals surface area contributed by atoms with Crippen LogP contribution in [0.15, 0.2) is 36.5 Å². The van der Waals surface area contributed by atoms with Crippen LogP contribution in [0, 0.1) is 0 Å². The molecule has 0 radical (unpaired) electrons. The van der Waals surface area contributed by atoms with Gasteiger partial charge in [0.1, 0.15) is 12.2 Å². The van der Waals surface area contributed by atoms with Crippen LogP contribution in [0.1, 0.15) is 16.1 Å². The van der Waals surface area contributed by atoms with Crippen molar-refractivity contribution in [2.45, 2.75) is 6.42 Å². The molecule has 1 aromatic carbocycles. The molecule has 0 saturated carbocycles. The minimum atomic E-state index is -1.09. The van der Waals surface area contributed by atoms with Gasteiger partial charge >= 0.3 is 5.97 Å². The molecule has 8 nitrogen and oxygen atoms in total. The van der Waals surface area contributed by atoms with E-state index in [1.807, 2.05) is 0 Å². The van der Waals surface area contributed by atoms with Gasteiger partial charge in [0, 0.05) is 18.9 Å². The SMILES string of the molecule is Cn1nccc1C(=O)Nc1ccc(CC(=O)NCC(=O)O)cc1. The predicted octanol–water partition coefficient (Wildman–Crippen LogP) is 0.416. The second kappa shape index (κ2) is 7.21. The van der Waals surface area contributed by atoms with Gasteiger partial charge in [-0.25, -0.2) is 0 Å². The number of amides is 2. The van der Waals surface area contributed by atoms with E-state index in [2.05, 4.69) is 15.7 Å². The Balaban J connectivity index is 1.92. The first-order valence-electron chi connectivity index (χ1n) is 6.82. The van der Waals surface area contributed by atoms with Crippen LogP contribution in [0.4, 0.5) is 5.69 Å². The Bertz CT molecular complexity index is 721. The summed E-state index contributed by atoms with van der Waals surface area (Å²) in [5, 5.41) is 17.4. The lowest BCUT2D eigenvalue weighted by Gasteiger charge is -2.07. The number of aryl methyl sites for hydroxylation is 1. The van der Waals surface area contributed by atoms with Gasteiger partial charge in [0.15, 0.2) is 0 Å². The molecule has 23 heavy (non-hydrogen) atoms. The highest BCUT2D eigenvalue weighted by Gasteiger charge is 2.10. The third-order valence-corrected chi connectivity index (χ3v) is 3.07. The number of carbonyl (C=O) groups excluding carboxylic acids is 2. The molecular formula is C15H16N4O4. The van der Waals surface area contributed by atoms with Crippen LogP contribution in [0.2, 0.25) is 0 Å². The second-order valence-corrected chi connectivity index (χ2v) is 4.84. The average molecular weight is 316 g/mol. The highest BCUT2D eigenvalue weighted by molar-refractivity contribution is 6.03. The van der Waals surface area contributed by atoms with Gasteiger partial charge in [-0.3, -0.25) is 19.1 Å². The molecule has 0 fully saturated rings. The van der Waals surface area contributed by atoms with Gasteiger partial charge in [-0.2, -0.15) is 5.10 Å². The molecule has 0 bridgehead atoms. The van der Waals surface area contributed by atoms with E-state index in [0.29, 0.717) is 16.9 Å². The Morgan fingerprint density at radius 2 is 1.87 bits per heavy atom. The molecule has 3 N–H and O–H groups in total. The van der Waals surface area contributed by atoms with Gasteiger partial charge in [0.25, 0.3) is 5.91 Å². The third-order valence-electron chi connectivity index (χ3n) is 3.07. The van der Waals surface area contributed by atoms with Crippen molar-refractivity contribution in [3.63, 3.8) is 0 Å². The maximum atomic E-state index is 12.0. The Morgan fingerprint density at radius 3 is 2.43 bits per heavy atom. The normalized spacial score (nSPS) is 10.1. The van der Waals surface area contributed by atoms with Crippen LogP contribution in [0.5, 0.6) is 0 Å². The lowest BCUT2D eigenvalue weighted by Crippen LogP contribution is -2.30. The molecule has 1 heterocycles. The molecule has 2 amide bonds. The van der Waals surface area contributed by atoms with Crippen LogP contribution in [-0.4, -0.2) is 39.2 Å². The van der Waals surface area contributed by atoms with Crippen molar-refractivity contribution in [1.29, 1.82) is 0 Å². The maximum absolute atomic E-state index is 12.0. The topological polar surface area (TPSA) is 113 Å². The number of nitrogens with one attached hydrogen (secondary N) is 2. The molecule has 0 aliphatic carbocycles. The first kappa shape index (κ1) is 16.2. The van der Waals surface area contributed by atoms with Crippen molar-refractivity contribution in [2.24, 2.45) is 7.05 Å². The summed E-state index contributed by atoms with van der Waals surface area (Å²) in [6.07, 6.45) is 1.61. The number of aliphatic carboxylic acids is 1. The van der Waals surface area contributed by atoms with Crippen LogP contribution in [-0.2, 0) is 23.1 Å². The number of carboxylic acid groups (broad SMARTS) is 1. The van der Waals surface area contributed by atoms with Crippen LogP contribution >= 0.6 is 0 Å². The monoisotopic (exact) mass is 316 g/mol. The lowest BCUT2D eigenvalue weighted by molar-refractivity contribution is -0.137. The van der Waals surface area contributed by atoms with E-state index in [9.17, 15) is 14.4 Å². The summed E-state index contributed by atoms with van der Waals surface area (Å²) in [6, 6.07) is 8.34. The van der Waals surface area contributed by atoms with E-state index in [-0.39, 0.29) is 18.2 Å². The fourth-order valence-electron chi connectivity index (χ4n) is 1.92. The summed E-state index contributed by atoms with van der Waals surface area (Å²) < 4.78 is 1.47. The smallest absolute Gasteiger partial charge is 0.322 e.